The molecular weight excluding hydrogens is 274 g/mol. The highest BCUT2D eigenvalue weighted by Gasteiger charge is 2.32. The van der Waals surface area contributed by atoms with E-state index in [2.05, 4.69) is 0 Å². The first-order valence-corrected chi connectivity index (χ1v) is 6.58. The smallest absolute Gasteiger partial charge is 0.306 e. The third-order valence-electron chi connectivity index (χ3n) is 3.12. The number of benzene rings is 2. The molecule has 0 unspecified atom stereocenters. The Kier molecular flexibility index (Phi) is 4.36. The number of aryl methyl sites for hydroxylation is 1. The van der Waals surface area contributed by atoms with Crippen LogP contribution in [0.4, 0.5) is 8.78 Å². The first kappa shape index (κ1) is 15.2. The van der Waals surface area contributed by atoms with Crippen LogP contribution >= 0.6 is 0 Å². The van der Waals surface area contributed by atoms with Crippen molar-refractivity contribution in [1.29, 1.82) is 0 Å². The number of alkyl halides is 2. The lowest BCUT2D eigenvalue weighted by Crippen LogP contribution is -2.23. The van der Waals surface area contributed by atoms with Crippen LogP contribution in [0, 0.1) is 6.92 Å². The summed E-state index contributed by atoms with van der Waals surface area (Å²) in [5, 5.41) is 0. The van der Waals surface area contributed by atoms with Crippen LogP contribution < -0.4 is 4.74 Å². The van der Waals surface area contributed by atoms with E-state index in [1.54, 1.807) is 36.4 Å². The Morgan fingerprint density at radius 2 is 1.81 bits per heavy atom. The molecule has 2 aromatic rings. The fourth-order valence-electron chi connectivity index (χ4n) is 1.97. The predicted molar refractivity (Wildman–Crippen MR) is 77.0 cm³/mol. The number of halogens is 2. The Labute approximate surface area is 122 Å². The summed E-state index contributed by atoms with van der Waals surface area (Å²) in [7, 11) is 0. The van der Waals surface area contributed by atoms with Crippen LogP contribution in [0.5, 0.6) is 5.75 Å². The number of Topliss-reactive ketones (excluding diaryl/α,β-unsaturated/α-hetero) is 1. The highest BCUT2D eigenvalue weighted by molar-refractivity contribution is 5.96. The minimum absolute atomic E-state index is 0.109. The van der Waals surface area contributed by atoms with E-state index in [4.69, 9.17) is 4.74 Å². The summed E-state index contributed by atoms with van der Waals surface area (Å²) in [6.45, 7) is 2.39. The lowest BCUT2D eigenvalue weighted by atomic mass is 10.1. The van der Waals surface area contributed by atoms with Crippen molar-refractivity contribution < 1.29 is 18.3 Å². The molecule has 0 N–H and O–H groups in total. The number of ketones is 1. The van der Waals surface area contributed by atoms with E-state index >= 15 is 0 Å². The molecule has 0 saturated carbocycles. The number of hydrogen-bond donors (Lipinski definition) is 0. The normalized spacial score (nSPS) is 11.2. The zero-order valence-corrected chi connectivity index (χ0v) is 11.9. The van der Waals surface area contributed by atoms with Gasteiger partial charge in [-0.3, -0.25) is 4.79 Å². The number of hydrogen-bond acceptors (Lipinski definition) is 2. The molecule has 2 rings (SSSR count). The van der Waals surface area contributed by atoms with Crippen LogP contribution in [0.1, 0.15) is 28.4 Å². The Morgan fingerprint density at radius 3 is 2.43 bits per heavy atom. The summed E-state index contributed by atoms with van der Waals surface area (Å²) in [5.41, 5.74) is 1.05. The maximum Gasteiger partial charge on any atom is 0.306 e. The van der Waals surface area contributed by atoms with Gasteiger partial charge in [-0.05, 0) is 31.5 Å². The summed E-state index contributed by atoms with van der Waals surface area (Å²) < 4.78 is 33.4. The van der Waals surface area contributed by atoms with Crippen molar-refractivity contribution in [1.82, 2.24) is 0 Å². The molecule has 0 saturated heterocycles. The van der Waals surface area contributed by atoms with Crippen molar-refractivity contribution in [3.05, 3.63) is 65.2 Å². The summed E-state index contributed by atoms with van der Waals surface area (Å²) >= 11 is 0. The van der Waals surface area contributed by atoms with Gasteiger partial charge in [0.1, 0.15) is 5.75 Å². The maximum atomic E-state index is 14.1. The molecule has 0 aliphatic rings. The summed E-state index contributed by atoms with van der Waals surface area (Å²) in [5.74, 6) is -3.13. The molecule has 2 nitrogen and oxygen atoms in total. The average Bonchev–Trinajstić information content (AvgIpc) is 2.46. The van der Waals surface area contributed by atoms with E-state index < -0.39 is 12.5 Å². The summed E-state index contributed by atoms with van der Waals surface area (Å²) in [6.07, 6.45) is 0. The first-order valence-electron chi connectivity index (χ1n) is 6.58. The second kappa shape index (κ2) is 6.04. The Balaban J connectivity index is 2.20. The quantitative estimate of drug-likeness (QED) is 0.764. The Hall–Kier alpha value is -2.23. The molecule has 0 aromatic heterocycles. The van der Waals surface area contributed by atoms with Crippen LogP contribution in [0.15, 0.2) is 48.5 Å². The molecule has 0 aliphatic carbocycles. The van der Waals surface area contributed by atoms with E-state index in [9.17, 15) is 13.6 Å². The molecule has 0 amide bonds. The molecular formula is C17H16F2O2. The highest BCUT2D eigenvalue weighted by atomic mass is 19.3. The third-order valence-corrected chi connectivity index (χ3v) is 3.12. The van der Waals surface area contributed by atoms with Gasteiger partial charge in [-0.25, -0.2) is 0 Å². The van der Waals surface area contributed by atoms with Gasteiger partial charge in [-0.15, -0.1) is 0 Å². The van der Waals surface area contributed by atoms with Crippen molar-refractivity contribution in [3.8, 4) is 5.75 Å². The van der Waals surface area contributed by atoms with Crippen molar-refractivity contribution in [3.63, 3.8) is 0 Å². The van der Waals surface area contributed by atoms with Crippen LogP contribution in [-0.2, 0) is 5.92 Å². The van der Waals surface area contributed by atoms with Gasteiger partial charge in [0, 0.05) is 5.56 Å². The van der Waals surface area contributed by atoms with Crippen LogP contribution in [0.25, 0.3) is 0 Å². The number of carbonyl (C=O) groups is 1. The van der Waals surface area contributed by atoms with Crippen molar-refractivity contribution in [2.75, 3.05) is 6.61 Å². The zero-order valence-electron chi connectivity index (χ0n) is 11.9. The van der Waals surface area contributed by atoms with E-state index in [0.717, 1.165) is 5.56 Å². The second-order valence-corrected chi connectivity index (χ2v) is 4.91. The SMILES string of the molecule is CC(=O)c1ccc(C)cc1OCC(F)(F)c1ccccc1. The third kappa shape index (κ3) is 3.66. The molecule has 0 radical (unpaired) electrons. The van der Waals surface area contributed by atoms with E-state index in [0.29, 0.717) is 5.56 Å². The largest absolute Gasteiger partial charge is 0.486 e. The van der Waals surface area contributed by atoms with E-state index in [1.807, 2.05) is 6.92 Å². The average molecular weight is 290 g/mol. The monoisotopic (exact) mass is 290 g/mol. The van der Waals surface area contributed by atoms with Crippen LogP contribution in [0.2, 0.25) is 0 Å². The van der Waals surface area contributed by atoms with Crippen molar-refractivity contribution in [2.24, 2.45) is 0 Å². The molecule has 2 aromatic carbocycles. The molecule has 0 atom stereocenters. The molecule has 0 bridgehead atoms. The van der Waals surface area contributed by atoms with Gasteiger partial charge in [0.25, 0.3) is 0 Å². The van der Waals surface area contributed by atoms with Gasteiger partial charge in [0.05, 0.1) is 5.56 Å². The van der Waals surface area contributed by atoms with Crippen LogP contribution in [0.3, 0.4) is 0 Å². The Bertz CT molecular complexity index is 636. The van der Waals surface area contributed by atoms with Gasteiger partial charge >= 0.3 is 5.92 Å². The molecule has 0 spiro atoms. The Morgan fingerprint density at radius 1 is 1.14 bits per heavy atom. The summed E-state index contributed by atoms with van der Waals surface area (Å²) in [4.78, 5) is 11.5. The lowest BCUT2D eigenvalue weighted by Gasteiger charge is -2.18. The molecule has 0 aliphatic heterocycles. The van der Waals surface area contributed by atoms with Gasteiger partial charge < -0.3 is 4.74 Å². The van der Waals surface area contributed by atoms with Crippen molar-refractivity contribution >= 4 is 5.78 Å². The van der Waals surface area contributed by atoms with E-state index in [1.165, 1.54) is 19.1 Å². The van der Waals surface area contributed by atoms with Gasteiger partial charge in [0.2, 0.25) is 0 Å². The number of ether oxygens (including phenoxy) is 1. The summed E-state index contributed by atoms with van der Waals surface area (Å²) in [6, 6.07) is 12.4. The molecule has 110 valence electrons. The molecule has 0 heterocycles. The topological polar surface area (TPSA) is 26.3 Å². The molecule has 0 fully saturated rings. The van der Waals surface area contributed by atoms with Crippen LogP contribution in [-0.4, -0.2) is 12.4 Å². The van der Waals surface area contributed by atoms with Gasteiger partial charge in [0.15, 0.2) is 12.4 Å². The zero-order chi connectivity index (χ0) is 15.5. The lowest BCUT2D eigenvalue weighted by molar-refractivity contribution is -0.0468. The highest BCUT2D eigenvalue weighted by Crippen LogP contribution is 2.30. The molecule has 21 heavy (non-hydrogen) atoms. The fraction of sp³-hybridized carbons (Fsp3) is 0.235. The minimum atomic E-state index is -3.11. The van der Waals surface area contributed by atoms with Crippen molar-refractivity contribution in [2.45, 2.75) is 19.8 Å². The van der Waals surface area contributed by atoms with Gasteiger partial charge in [-0.1, -0.05) is 36.4 Å². The maximum absolute atomic E-state index is 14.1. The number of rotatable bonds is 5. The fourth-order valence-corrected chi connectivity index (χ4v) is 1.97. The predicted octanol–water partition coefficient (Wildman–Crippen LogP) is 4.37. The van der Waals surface area contributed by atoms with Gasteiger partial charge in [-0.2, -0.15) is 8.78 Å². The molecule has 4 heteroatoms. The first-order chi connectivity index (χ1) is 9.90. The second-order valence-electron chi connectivity index (χ2n) is 4.91. The number of carbonyl (C=O) groups excluding carboxylic acids is 1. The standard InChI is InChI=1S/C17H16F2O2/c1-12-8-9-15(13(2)20)16(10-12)21-11-17(18,19)14-6-4-3-5-7-14/h3-10H,11H2,1-2H3. The minimum Gasteiger partial charge on any atom is -0.486 e. The van der Waals surface area contributed by atoms with E-state index in [-0.39, 0.29) is 17.1 Å².